The molecule has 3 rings (SSSR count). The first-order valence-electron chi connectivity index (χ1n) is 9.07. The average Bonchev–Trinajstić information content (AvgIpc) is 2.78. The molecular weight excluding hydrogens is 373 g/mol. The van der Waals surface area contributed by atoms with Gasteiger partial charge in [-0.1, -0.05) is 30.3 Å². The van der Waals surface area contributed by atoms with Crippen molar-refractivity contribution in [2.45, 2.75) is 45.0 Å². The summed E-state index contributed by atoms with van der Waals surface area (Å²) in [5.41, 5.74) is 1.33. The van der Waals surface area contributed by atoms with E-state index in [4.69, 9.17) is 4.74 Å². The van der Waals surface area contributed by atoms with E-state index in [1.54, 1.807) is 0 Å². The Morgan fingerprint density at radius 2 is 1.88 bits per heavy atom. The highest BCUT2D eigenvalue weighted by atomic mass is 35.5. The van der Waals surface area contributed by atoms with E-state index in [0.717, 1.165) is 39.1 Å². The SMILES string of the molecule is CC1CCN(C(=O)[C@H]2NCCO[C@@H]2C)CCN1Cc1ccccc1.Cl.Cl. The van der Waals surface area contributed by atoms with Crippen LogP contribution in [0.2, 0.25) is 0 Å². The number of amides is 1. The van der Waals surface area contributed by atoms with E-state index >= 15 is 0 Å². The number of rotatable bonds is 3. The summed E-state index contributed by atoms with van der Waals surface area (Å²) in [6.45, 7) is 9.18. The molecule has 2 aliphatic heterocycles. The van der Waals surface area contributed by atoms with Crippen LogP contribution < -0.4 is 5.32 Å². The van der Waals surface area contributed by atoms with E-state index in [2.05, 4.69) is 47.5 Å². The highest BCUT2D eigenvalue weighted by Crippen LogP contribution is 2.16. The summed E-state index contributed by atoms with van der Waals surface area (Å²) in [5.74, 6) is 0.191. The van der Waals surface area contributed by atoms with Gasteiger partial charge in [-0.3, -0.25) is 9.69 Å². The number of hydrogen-bond acceptors (Lipinski definition) is 4. The van der Waals surface area contributed by atoms with E-state index in [1.165, 1.54) is 5.56 Å². The summed E-state index contributed by atoms with van der Waals surface area (Å²) < 4.78 is 5.63. The maximum absolute atomic E-state index is 12.9. The second-order valence-corrected chi connectivity index (χ2v) is 6.93. The molecule has 1 aromatic carbocycles. The number of morpholine rings is 1. The largest absolute Gasteiger partial charge is 0.375 e. The molecule has 2 fully saturated rings. The molecule has 0 aromatic heterocycles. The normalized spacial score (nSPS) is 27.0. The second kappa shape index (κ2) is 11.1. The lowest BCUT2D eigenvalue weighted by molar-refractivity contribution is -0.139. The molecule has 1 unspecified atom stereocenters. The van der Waals surface area contributed by atoms with Crippen molar-refractivity contribution >= 4 is 30.7 Å². The van der Waals surface area contributed by atoms with Crippen LogP contribution in [-0.4, -0.2) is 66.7 Å². The lowest BCUT2D eigenvalue weighted by Gasteiger charge is -2.33. The van der Waals surface area contributed by atoms with Crippen molar-refractivity contribution < 1.29 is 9.53 Å². The number of nitrogens with zero attached hydrogens (tertiary/aromatic N) is 2. The first-order valence-corrected chi connectivity index (χ1v) is 9.07. The summed E-state index contributed by atoms with van der Waals surface area (Å²) in [7, 11) is 0. The maximum atomic E-state index is 12.9. The third kappa shape index (κ3) is 5.83. The Kier molecular flexibility index (Phi) is 9.90. The van der Waals surface area contributed by atoms with Crippen LogP contribution in [0.25, 0.3) is 0 Å². The Bertz CT molecular complexity index is 547. The van der Waals surface area contributed by atoms with Gasteiger partial charge in [0.25, 0.3) is 0 Å². The van der Waals surface area contributed by atoms with E-state index in [1.807, 2.05) is 11.8 Å². The van der Waals surface area contributed by atoms with Gasteiger partial charge in [-0.25, -0.2) is 0 Å². The van der Waals surface area contributed by atoms with Crippen molar-refractivity contribution in [3.05, 3.63) is 35.9 Å². The van der Waals surface area contributed by atoms with Crippen LogP contribution in [0, 0.1) is 0 Å². The molecule has 5 nitrogen and oxygen atoms in total. The number of hydrogen-bond donors (Lipinski definition) is 1. The Morgan fingerprint density at radius 3 is 2.58 bits per heavy atom. The fourth-order valence-electron chi connectivity index (χ4n) is 3.59. The summed E-state index contributed by atoms with van der Waals surface area (Å²) >= 11 is 0. The van der Waals surface area contributed by atoms with Crippen LogP contribution in [0.1, 0.15) is 25.8 Å². The minimum absolute atomic E-state index is 0. The zero-order valence-corrected chi connectivity index (χ0v) is 17.2. The van der Waals surface area contributed by atoms with Crippen molar-refractivity contribution in [2.75, 3.05) is 32.8 Å². The third-order valence-electron chi connectivity index (χ3n) is 5.22. The van der Waals surface area contributed by atoms with Crippen molar-refractivity contribution in [1.29, 1.82) is 0 Å². The molecule has 0 radical (unpaired) electrons. The molecule has 0 saturated carbocycles. The zero-order chi connectivity index (χ0) is 16.9. The lowest BCUT2D eigenvalue weighted by atomic mass is 10.1. The van der Waals surface area contributed by atoms with Crippen molar-refractivity contribution in [3.8, 4) is 0 Å². The van der Waals surface area contributed by atoms with Gasteiger partial charge in [0.05, 0.1) is 12.7 Å². The zero-order valence-electron chi connectivity index (χ0n) is 15.6. The molecule has 2 heterocycles. The molecule has 3 atom stereocenters. The van der Waals surface area contributed by atoms with E-state index in [9.17, 15) is 4.79 Å². The van der Waals surface area contributed by atoms with Gasteiger partial charge in [-0.2, -0.15) is 0 Å². The molecule has 2 aliphatic rings. The predicted molar refractivity (Wildman–Crippen MR) is 109 cm³/mol. The number of benzene rings is 1. The summed E-state index contributed by atoms with van der Waals surface area (Å²) in [6.07, 6.45) is 0.966. The monoisotopic (exact) mass is 403 g/mol. The van der Waals surface area contributed by atoms with Crippen LogP contribution in [-0.2, 0) is 16.1 Å². The van der Waals surface area contributed by atoms with Crippen LogP contribution in [0.5, 0.6) is 0 Å². The molecule has 2 saturated heterocycles. The van der Waals surface area contributed by atoms with Crippen LogP contribution >= 0.6 is 24.8 Å². The predicted octanol–water partition coefficient (Wildman–Crippen LogP) is 2.33. The summed E-state index contributed by atoms with van der Waals surface area (Å²) in [5, 5.41) is 3.32. The highest BCUT2D eigenvalue weighted by molar-refractivity contribution is 5.85. The van der Waals surface area contributed by atoms with Crippen LogP contribution in [0.15, 0.2) is 30.3 Å². The van der Waals surface area contributed by atoms with Gasteiger partial charge in [-0.15, -0.1) is 24.8 Å². The molecule has 0 aliphatic carbocycles. The average molecular weight is 404 g/mol. The highest BCUT2D eigenvalue weighted by Gasteiger charge is 2.33. The second-order valence-electron chi connectivity index (χ2n) is 6.93. The first-order chi connectivity index (χ1) is 11.6. The Labute approximate surface area is 169 Å². The molecule has 1 N–H and O–H groups in total. The fourth-order valence-corrected chi connectivity index (χ4v) is 3.59. The topological polar surface area (TPSA) is 44.8 Å². The van der Waals surface area contributed by atoms with Gasteiger partial charge < -0.3 is 15.0 Å². The quantitative estimate of drug-likeness (QED) is 0.840. The van der Waals surface area contributed by atoms with Crippen molar-refractivity contribution in [3.63, 3.8) is 0 Å². The number of ether oxygens (including phenoxy) is 1. The number of carbonyl (C=O) groups excluding carboxylic acids is 1. The van der Waals surface area contributed by atoms with Gasteiger partial charge in [0.2, 0.25) is 5.91 Å². The van der Waals surface area contributed by atoms with Crippen LogP contribution in [0.3, 0.4) is 0 Å². The van der Waals surface area contributed by atoms with Gasteiger partial charge >= 0.3 is 0 Å². The smallest absolute Gasteiger partial charge is 0.242 e. The minimum atomic E-state index is -0.199. The summed E-state index contributed by atoms with van der Waals surface area (Å²) in [4.78, 5) is 17.4. The summed E-state index contributed by atoms with van der Waals surface area (Å²) in [6, 6.07) is 10.9. The standard InChI is InChI=1S/C19H29N3O2.2ClH/c1-15-8-10-21(19(23)18-16(2)24-13-9-20-18)11-12-22(15)14-17-6-4-3-5-7-17;;/h3-7,15-16,18,20H,8-14H2,1-2H3;2*1H/t15?,16-,18+;;/m1../s1. The van der Waals surface area contributed by atoms with Gasteiger partial charge in [-0.05, 0) is 25.8 Å². The molecule has 0 bridgehead atoms. The molecule has 1 aromatic rings. The van der Waals surface area contributed by atoms with Crippen molar-refractivity contribution in [1.82, 2.24) is 15.1 Å². The number of carbonyl (C=O) groups is 1. The molecule has 26 heavy (non-hydrogen) atoms. The maximum Gasteiger partial charge on any atom is 0.242 e. The number of halogens is 2. The fraction of sp³-hybridized carbons (Fsp3) is 0.632. The Morgan fingerprint density at radius 1 is 1.15 bits per heavy atom. The molecule has 0 spiro atoms. The third-order valence-corrected chi connectivity index (χ3v) is 5.22. The Hall–Kier alpha value is -0.850. The van der Waals surface area contributed by atoms with E-state index < -0.39 is 0 Å². The molecule has 7 heteroatoms. The molecular formula is C19H31Cl2N3O2. The minimum Gasteiger partial charge on any atom is -0.375 e. The first kappa shape index (κ1) is 23.2. The van der Waals surface area contributed by atoms with E-state index in [-0.39, 0.29) is 42.9 Å². The Balaban J connectivity index is 0.00000169. The number of nitrogens with one attached hydrogen (secondary N) is 1. The molecule has 1 amide bonds. The van der Waals surface area contributed by atoms with E-state index in [0.29, 0.717) is 12.6 Å². The van der Waals surface area contributed by atoms with Crippen LogP contribution in [0.4, 0.5) is 0 Å². The van der Waals surface area contributed by atoms with Gasteiger partial charge in [0.1, 0.15) is 6.04 Å². The molecule has 148 valence electrons. The van der Waals surface area contributed by atoms with Gasteiger partial charge in [0.15, 0.2) is 0 Å². The van der Waals surface area contributed by atoms with Gasteiger partial charge in [0, 0.05) is 38.8 Å². The lowest BCUT2D eigenvalue weighted by Crippen LogP contribution is -2.56. The van der Waals surface area contributed by atoms with Crippen molar-refractivity contribution in [2.24, 2.45) is 0 Å².